The Balaban J connectivity index is -0.000000497. The highest BCUT2D eigenvalue weighted by Gasteiger charge is 2.30. The lowest BCUT2D eigenvalue weighted by atomic mass is 9.72. The van der Waals surface area contributed by atoms with Crippen LogP contribution in [0.3, 0.4) is 0 Å². The molecule has 1 atom stereocenters. The van der Waals surface area contributed by atoms with E-state index in [1.165, 1.54) is 12.8 Å². The Morgan fingerprint density at radius 1 is 0.865 bits per heavy atom. The number of hydrogen-bond donors (Lipinski definition) is 5. The highest BCUT2D eigenvalue weighted by Crippen LogP contribution is 2.38. The van der Waals surface area contributed by atoms with Gasteiger partial charge in [0.15, 0.2) is 0 Å². The molecule has 5 N–H and O–H groups in total. The van der Waals surface area contributed by atoms with Crippen molar-refractivity contribution in [2.45, 2.75) is 125 Å². The molecule has 1 fully saturated rings. The van der Waals surface area contributed by atoms with Gasteiger partial charge in [-0.2, -0.15) is 4.89 Å². The summed E-state index contributed by atoms with van der Waals surface area (Å²) in [5.74, 6) is 0.361. The van der Waals surface area contributed by atoms with Crippen molar-refractivity contribution < 1.29 is 59.8 Å². The summed E-state index contributed by atoms with van der Waals surface area (Å²) in [5, 5.41) is 40.9. The fraction of sp³-hybridized carbons (Fsp3) is 0.880. The molecule has 0 spiro atoms. The SMILES string of the molecule is CC(C)(C)C1CCC(OO)CC1.CCCCC(CC)C(=O)OOOC(C)(C)CC.O=C(O)O.O=C(O)O. The quantitative estimate of drug-likeness (QED) is 0.137. The van der Waals surface area contributed by atoms with Crippen molar-refractivity contribution in [3.8, 4) is 0 Å². The van der Waals surface area contributed by atoms with E-state index >= 15 is 0 Å². The maximum absolute atomic E-state index is 11.6. The van der Waals surface area contributed by atoms with Crippen LogP contribution in [0.4, 0.5) is 9.59 Å². The van der Waals surface area contributed by atoms with Crippen LogP contribution in [0.15, 0.2) is 0 Å². The van der Waals surface area contributed by atoms with Gasteiger partial charge in [-0.05, 0) is 75.2 Å². The molecule has 0 bridgehead atoms. The van der Waals surface area contributed by atoms with Crippen LogP contribution in [0, 0.1) is 17.3 Å². The summed E-state index contributed by atoms with van der Waals surface area (Å²) in [6, 6.07) is 0. The number of rotatable bonds is 10. The molecule has 0 amide bonds. The maximum Gasteiger partial charge on any atom is 0.503 e. The molecular weight excluding hydrogens is 492 g/mol. The standard InChI is InChI=1S/C13H26O4.C10H20O2.2CH2O3/c1-6-9-10-11(7-2)12(14)15-17-16-13(4,5)8-3;1-10(2,3)8-4-6-9(12-11)7-5-8;2*2-1(3)4/h11H,6-10H2,1-5H3;8-9,11H,4-7H2,1-3H3;2*(H2,2,3,4). The predicted octanol–water partition coefficient (Wildman–Crippen LogP) is 7.32. The van der Waals surface area contributed by atoms with Gasteiger partial charge in [0.25, 0.3) is 0 Å². The molecule has 1 saturated carbocycles. The van der Waals surface area contributed by atoms with Crippen molar-refractivity contribution >= 4 is 18.3 Å². The van der Waals surface area contributed by atoms with E-state index in [0.717, 1.165) is 50.9 Å². The average Bonchev–Trinajstić information content (AvgIpc) is 2.78. The fourth-order valence-electron chi connectivity index (χ4n) is 3.24. The van der Waals surface area contributed by atoms with E-state index < -0.39 is 17.9 Å². The van der Waals surface area contributed by atoms with Crippen LogP contribution in [0.1, 0.15) is 113 Å². The minimum atomic E-state index is -1.83. The molecule has 222 valence electrons. The lowest BCUT2D eigenvalue weighted by Crippen LogP contribution is -2.28. The van der Waals surface area contributed by atoms with Crippen molar-refractivity contribution in [2.75, 3.05) is 0 Å². The number of carbonyl (C=O) groups excluding carboxylic acids is 1. The van der Waals surface area contributed by atoms with Gasteiger partial charge < -0.3 is 20.4 Å². The first-order valence-corrected chi connectivity index (χ1v) is 12.7. The first kappa shape index (κ1) is 39.4. The van der Waals surface area contributed by atoms with Crippen molar-refractivity contribution in [2.24, 2.45) is 17.3 Å². The topological polar surface area (TPSA) is 189 Å². The molecule has 1 aliphatic carbocycles. The third kappa shape index (κ3) is 26.7. The van der Waals surface area contributed by atoms with Crippen molar-refractivity contribution in [1.29, 1.82) is 0 Å². The van der Waals surface area contributed by atoms with E-state index in [2.05, 4.69) is 42.5 Å². The van der Waals surface area contributed by atoms with Crippen LogP contribution < -0.4 is 0 Å². The van der Waals surface area contributed by atoms with Crippen LogP contribution >= 0.6 is 0 Å². The molecule has 1 unspecified atom stereocenters. The van der Waals surface area contributed by atoms with Gasteiger partial charge in [0.1, 0.15) is 5.60 Å². The second kappa shape index (κ2) is 21.9. The summed E-state index contributed by atoms with van der Waals surface area (Å²) in [6.45, 7) is 16.7. The Bertz CT molecular complexity index is 573. The molecule has 12 nitrogen and oxygen atoms in total. The molecule has 0 aromatic heterocycles. The lowest BCUT2D eigenvalue weighted by Gasteiger charge is -2.35. The van der Waals surface area contributed by atoms with E-state index in [9.17, 15) is 4.79 Å². The van der Waals surface area contributed by atoms with Crippen LogP contribution in [-0.2, 0) is 24.5 Å². The number of carbonyl (C=O) groups is 3. The molecule has 1 rings (SSSR count). The van der Waals surface area contributed by atoms with Gasteiger partial charge in [-0.15, -0.1) is 0 Å². The minimum Gasteiger partial charge on any atom is -0.450 e. The van der Waals surface area contributed by atoms with Crippen LogP contribution in [-0.4, -0.2) is 55.7 Å². The van der Waals surface area contributed by atoms with Crippen LogP contribution in [0.5, 0.6) is 0 Å². The summed E-state index contributed by atoms with van der Waals surface area (Å²) in [6.07, 6.45) is 5.31. The maximum atomic E-state index is 11.6. The molecule has 0 radical (unpaired) electrons. The Kier molecular flexibility index (Phi) is 23.3. The van der Waals surface area contributed by atoms with Gasteiger partial charge in [-0.1, -0.05) is 54.4 Å². The van der Waals surface area contributed by atoms with Crippen molar-refractivity contribution in [3.63, 3.8) is 0 Å². The van der Waals surface area contributed by atoms with Gasteiger partial charge in [0.05, 0.1) is 12.0 Å². The molecule has 0 aliphatic heterocycles. The van der Waals surface area contributed by atoms with Gasteiger partial charge in [-0.25, -0.2) is 19.3 Å². The van der Waals surface area contributed by atoms with E-state index in [-0.39, 0.29) is 18.0 Å². The summed E-state index contributed by atoms with van der Waals surface area (Å²) in [7, 11) is 0. The summed E-state index contributed by atoms with van der Waals surface area (Å²) in [5.41, 5.74) is -0.0220. The zero-order chi connectivity index (χ0) is 29.7. The molecule has 0 aromatic rings. The van der Waals surface area contributed by atoms with Gasteiger partial charge >= 0.3 is 18.3 Å². The summed E-state index contributed by atoms with van der Waals surface area (Å²) < 4.78 is 0. The average molecular weight is 543 g/mol. The Morgan fingerprint density at radius 3 is 1.65 bits per heavy atom. The Labute approximate surface area is 220 Å². The molecule has 0 saturated heterocycles. The molecule has 0 heterocycles. The lowest BCUT2D eigenvalue weighted by molar-refractivity contribution is -0.517. The highest BCUT2D eigenvalue weighted by molar-refractivity contribution is 5.71. The second-order valence-electron chi connectivity index (χ2n) is 10.4. The Hall–Kier alpha value is -2.15. The zero-order valence-electron chi connectivity index (χ0n) is 23.7. The number of hydrogen-bond acceptors (Lipinski definition) is 8. The predicted molar refractivity (Wildman–Crippen MR) is 136 cm³/mol. The summed E-state index contributed by atoms with van der Waals surface area (Å²) >= 11 is 0. The zero-order valence-corrected chi connectivity index (χ0v) is 23.7. The molecule has 12 heteroatoms. The highest BCUT2D eigenvalue weighted by atomic mass is 17.5. The van der Waals surface area contributed by atoms with Crippen LogP contribution in [0.2, 0.25) is 0 Å². The van der Waals surface area contributed by atoms with Gasteiger partial charge in [-0.3, -0.25) is 10.1 Å². The van der Waals surface area contributed by atoms with Crippen molar-refractivity contribution in [1.82, 2.24) is 0 Å². The molecule has 1 aliphatic rings. The minimum absolute atomic E-state index is 0.0942. The second-order valence-corrected chi connectivity index (χ2v) is 10.4. The van der Waals surface area contributed by atoms with E-state index in [1.807, 2.05) is 27.7 Å². The molecular formula is C25H50O12. The third-order valence-corrected chi connectivity index (χ3v) is 6.01. The van der Waals surface area contributed by atoms with Gasteiger partial charge in [0.2, 0.25) is 0 Å². The first-order chi connectivity index (χ1) is 17.0. The molecule has 37 heavy (non-hydrogen) atoms. The summed E-state index contributed by atoms with van der Waals surface area (Å²) in [4.78, 5) is 42.8. The van der Waals surface area contributed by atoms with E-state index in [0.29, 0.717) is 5.41 Å². The largest absolute Gasteiger partial charge is 0.503 e. The normalized spacial score (nSPS) is 17.9. The molecule has 0 aromatic carbocycles. The van der Waals surface area contributed by atoms with E-state index in [1.54, 1.807) is 0 Å². The van der Waals surface area contributed by atoms with Gasteiger partial charge in [0, 0.05) is 0 Å². The van der Waals surface area contributed by atoms with Crippen molar-refractivity contribution in [3.05, 3.63) is 0 Å². The third-order valence-electron chi connectivity index (χ3n) is 6.01. The monoisotopic (exact) mass is 542 g/mol. The van der Waals surface area contributed by atoms with E-state index in [4.69, 9.17) is 40.2 Å². The van der Waals surface area contributed by atoms with Crippen LogP contribution in [0.25, 0.3) is 0 Å². The number of unbranched alkanes of at least 4 members (excludes halogenated alkanes) is 1. The fourth-order valence-corrected chi connectivity index (χ4v) is 3.24. The number of carboxylic acid groups (broad SMARTS) is 4. The first-order valence-electron chi connectivity index (χ1n) is 12.7. The smallest absolute Gasteiger partial charge is 0.450 e. The Morgan fingerprint density at radius 2 is 1.32 bits per heavy atom.